The number of nitrogens with zero attached hydrogens (tertiary/aromatic N) is 1. The molecule has 1 N–H and O–H groups in total. The van der Waals surface area contributed by atoms with Gasteiger partial charge in [-0.15, -0.1) is 0 Å². The van der Waals surface area contributed by atoms with Crippen molar-refractivity contribution in [2.24, 2.45) is 0 Å². The maximum atomic E-state index is 10.9. The first-order valence-corrected chi connectivity index (χ1v) is 5.52. The van der Waals surface area contributed by atoms with Gasteiger partial charge < -0.3 is 14.4 Å². The Morgan fingerprint density at radius 1 is 1.56 bits per heavy atom. The van der Waals surface area contributed by atoms with Gasteiger partial charge in [-0.05, 0) is 25.1 Å². The standard InChI is InChI=1S/C12H10ClNO4/c1-7-10(11(12(15)16)14-18-7)6-17-9-4-2-3-8(13)5-9/h2-5H,6H2,1H3,(H,15,16). The number of hydrogen-bond acceptors (Lipinski definition) is 4. The van der Waals surface area contributed by atoms with Gasteiger partial charge in [0.15, 0.2) is 5.69 Å². The fraction of sp³-hybridized carbons (Fsp3) is 0.167. The van der Waals surface area contributed by atoms with E-state index in [1.54, 1.807) is 31.2 Å². The number of halogens is 1. The van der Waals surface area contributed by atoms with Gasteiger partial charge in [0.1, 0.15) is 18.1 Å². The fourth-order valence-electron chi connectivity index (χ4n) is 1.44. The van der Waals surface area contributed by atoms with E-state index in [0.29, 0.717) is 22.1 Å². The first-order valence-electron chi connectivity index (χ1n) is 5.14. The molecule has 2 rings (SSSR count). The molecule has 2 aromatic rings. The number of benzene rings is 1. The monoisotopic (exact) mass is 267 g/mol. The zero-order chi connectivity index (χ0) is 13.1. The van der Waals surface area contributed by atoms with Gasteiger partial charge in [0.05, 0.1) is 5.56 Å². The van der Waals surface area contributed by atoms with Crippen molar-refractivity contribution in [1.29, 1.82) is 0 Å². The number of carbonyl (C=O) groups is 1. The molecule has 5 nitrogen and oxygen atoms in total. The SMILES string of the molecule is Cc1onc(C(=O)O)c1COc1cccc(Cl)c1. The largest absolute Gasteiger partial charge is 0.489 e. The van der Waals surface area contributed by atoms with Crippen LogP contribution >= 0.6 is 11.6 Å². The van der Waals surface area contributed by atoms with Crippen LogP contribution in [0.1, 0.15) is 21.8 Å². The molecule has 6 heteroatoms. The van der Waals surface area contributed by atoms with Crippen LogP contribution in [-0.2, 0) is 6.61 Å². The number of carboxylic acid groups (broad SMARTS) is 1. The van der Waals surface area contributed by atoms with E-state index in [1.807, 2.05) is 0 Å². The number of hydrogen-bond donors (Lipinski definition) is 1. The molecule has 1 heterocycles. The number of aryl methyl sites for hydroxylation is 1. The molecule has 18 heavy (non-hydrogen) atoms. The predicted molar refractivity (Wildman–Crippen MR) is 64.0 cm³/mol. The number of carboxylic acids is 1. The van der Waals surface area contributed by atoms with Crippen LogP contribution in [0.5, 0.6) is 5.75 Å². The lowest BCUT2D eigenvalue weighted by molar-refractivity contribution is 0.0683. The summed E-state index contributed by atoms with van der Waals surface area (Å²) in [4.78, 5) is 10.9. The Bertz CT molecular complexity index is 579. The van der Waals surface area contributed by atoms with E-state index in [9.17, 15) is 4.79 Å². The van der Waals surface area contributed by atoms with E-state index in [1.165, 1.54) is 0 Å². The smallest absolute Gasteiger partial charge is 0.358 e. The average Bonchev–Trinajstić information content (AvgIpc) is 2.68. The summed E-state index contributed by atoms with van der Waals surface area (Å²) in [5.41, 5.74) is 0.289. The highest BCUT2D eigenvalue weighted by atomic mass is 35.5. The molecule has 0 aliphatic rings. The Hall–Kier alpha value is -2.01. The van der Waals surface area contributed by atoms with Crippen molar-refractivity contribution < 1.29 is 19.2 Å². The normalized spacial score (nSPS) is 10.3. The second-order valence-corrected chi connectivity index (χ2v) is 4.05. The summed E-state index contributed by atoms with van der Waals surface area (Å²) >= 11 is 5.81. The van der Waals surface area contributed by atoms with Crippen LogP contribution in [-0.4, -0.2) is 16.2 Å². The zero-order valence-corrected chi connectivity index (χ0v) is 10.3. The van der Waals surface area contributed by atoms with Gasteiger partial charge in [-0.25, -0.2) is 4.79 Å². The topological polar surface area (TPSA) is 72.6 Å². The van der Waals surface area contributed by atoms with Gasteiger partial charge in [0, 0.05) is 5.02 Å². The second kappa shape index (κ2) is 5.10. The summed E-state index contributed by atoms with van der Waals surface area (Å²) in [6, 6.07) is 6.85. The molecular formula is C12H10ClNO4. The molecule has 1 aromatic heterocycles. The Balaban J connectivity index is 2.15. The Labute approximate surface area is 108 Å². The fourth-order valence-corrected chi connectivity index (χ4v) is 1.62. The van der Waals surface area contributed by atoms with Crippen LogP contribution in [0, 0.1) is 6.92 Å². The van der Waals surface area contributed by atoms with Gasteiger partial charge in [0.2, 0.25) is 0 Å². The van der Waals surface area contributed by atoms with E-state index < -0.39 is 5.97 Å². The van der Waals surface area contributed by atoms with Crippen molar-refractivity contribution in [3.8, 4) is 5.75 Å². The van der Waals surface area contributed by atoms with Crippen molar-refractivity contribution in [2.45, 2.75) is 13.5 Å². The van der Waals surface area contributed by atoms with Gasteiger partial charge in [-0.1, -0.05) is 22.8 Å². The van der Waals surface area contributed by atoms with Gasteiger partial charge >= 0.3 is 5.97 Å². The number of aromatic nitrogens is 1. The second-order valence-electron chi connectivity index (χ2n) is 3.62. The molecule has 0 amide bonds. The molecule has 0 spiro atoms. The van der Waals surface area contributed by atoms with Crippen LogP contribution in [0.15, 0.2) is 28.8 Å². The molecular weight excluding hydrogens is 258 g/mol. The summed E-state index contributed by atoms with van der Waals surface area (Å²) in [5, 5.41) is 12.9. The molecule has 0 aliphatic heterocycles. The Kier molecular flexibility index (Phi) is 3.53. The molecule has 0 saturated heterocycles. The number of aromatic carboxylic acids is 1. The van der Waals surface area contributed by atoms with E-state index in [2.05, 4.69) is 5.16 Å². The highest BCUT2D eigenvalue weighted by Gasteiger charge is 2.19. The molecule has 0 aliphatic carbocycles. The number of ether oxygens (including phenoxy) is 1. The lowest BCUT2D eigenvalue weighted by Gasteiger charge is -2.05. The highest BCUT2D eigenvalue weighted by molar-refractivity contribution is 6.30. The molecule has 0 radical (unpaired) electrons. The van der Waals surface area contributed by atoms with E-state index in [-0.39, 0.29) is 12.3 Å². The summed E-state index contributed by atoms with van der Waals surface area (Å²) in [5.74, 6) is -0.162. The van der Waals surface area contributed by atoms with Crippen molar-refractivity contribution in [3.05, 3.63) is 46.3 Å². The minimum absolute atomic E-state index is 0.0668. The van der Waals surface area contributed by atoms with Crippen molar-refractivity contribution in [1.82, 2.24) is 5.16 Å². The quantitative estimate of drug-likeness (QED) is 0.922. The summed E-state index contributed by atoms with van der Waals surface area (Å²) < 4.78 is 10.3. The Morgan fingerprint density at radius 2 is 2.33 bits per heavy atom. The maximum absolute atomic E-state index is 10.9. The van der Waals surface area contributed by atoms with Gasteiger partial charge in [-0.2, -0.15) is 0 Å². The summed E-state index contributed by atoms with van der Waals surface area (Å²) in [6.45, 7) is 1.70. The average molecular weight is 268 g/mol. The molecule has 0 saturated carbocycles. The van der Waals surface area contributed by atoms with Crippen LogP contribution in [0.2, 0.25) is 5.02 Å². The molecule has 0 bridgehead atoms. The van der Waals surface area contributed by atoms with Crippen molar-refractivity contribution in [3.63, 3.8) is 0 Å². The molecule has 1 aromatic carbocycles. The minimum atomic E-state index is -1.14. The van der Waals surface area contributed by atoms with Crippen molar-refractivity contribution >= 4 is 17.6 Å². The zero-order valence-electron chi connectivity index (χ0n) is 9.51. The van der Waals surface area contributed by atoms with Crippen LogP contribution < -0.4 is 4.74 Å². The first kappa shape index (κ1) is 12.4. The van der Waals surface area contributed by atoms with Crippen LogP contribution in [0.4, 0.5) is 0 Å². The minimum Gasteiger partial charge on any atom is -0.489 e. The van der Waals surface area contributed by atoms with Gasteiger partial charge in [-0.3, -0.25) is 0 Å². The van der Waals surface area contributed by atoms with Gasteiger partial charge in [0.25, 0.3) is 0 Å². The molecule has 0 unspecified atom stereocenters. The number of rotatable bonds is 4. The molecule has 94 valence electrons. The third kappa shape index (κ3) is 2.62. The maximum Gasteiger partial charge on any atom is 0.358 e. The lowest BCUT2D eigenvalue weighted by Crippen LogP contribution is -2.05. The van der Waals surface area contributed by atoms with E-state index in [4.69, 9.17) is 26.0 Å². The van der Waals surface area contributed by atoms with E-state index >= 15 is 0 Å². The van der Waals surface area contributed by atoms with E-state index in [0.717, 1.165) is 0 Å². The van der Waals surface area contributed by atoms with Crippen LogP contribution in [0.25, 0.3) is 0 Å². The van der Waals surface area contributed by atoms with Crippen LogP contribution in [0.3, 0.4) is 0 Å². The Morgan fingerprint density at radius 3 is 3.00 bits per heavy atom. The third-order valence-corrected chi connectivity index (χ3v) is 2.60. The first-order chi connectivity index (χ1) is 8.58. The third-order valence-electron chi connectivity index (χ3n) is 2.37. The molecule has 0 atom stereocenters. The highest BCUT2D eigenvalue weighted by Crippen LogP contribution is 2.20. The summed E-state index contributed by atoms with van der Waals surface area (Å²) in [6.07, 6.45) is 0. The van der Waals surface area contributed by atoms with Crippen molar-refractivity contribution in [2.75, 3.05) is 0 Å². The lowest BCUT2D eigenvalue weighted by atomic mass is 10.2. The molecule has 0 fully saturated rings. The summed E-state index contributed by atoms with van der Waals surface area (Å²) in [7, 11) is 0. The predicted octanol–water partition coefficient (Wildman–Crippen LogP) is 2.91.